The Kier molecular flexibility index (Phi) is 11.2. The van der Waals surface area contributed by atoms with Gasteiger partial charge >= 0.3 is 0 Å². The van der Waals surface area contributed by atoms with Crippen molar-refractivity contribution in [3.8, 4) is 17.2 Å². The molecular weight excluding hydrogens is 496 g/mol. The highest BCUT2D eigenvalue weighted by molar-refractivity contribution is 6.46. The Morgan fingerprint density at radius 2 is 1.74 bits per heavy atom. The molecule has 2 aromatic carbocycles. The number of ketones is 1. The van der Waals surface area contributed by atoms with Crippen LogP contribution in [-0.2, 0) is 9.59 Å². The third kappa shape index (κ3) is 7.12. The Morgan fingerprint density at radius 1 is 0.974 bits per heavy atom. The van der Waals surface area contributed by atoms with Crippen LogP contribution in [0.25, 0.3) is 5.76 Å². The number of aliphatic hydroxyl groups is 1. The third-order valence-electron chi connectivity index (χ3n) is 7.02. The largest absolute Gasteiger partial charge is 0.507 e. The molecular formula is C31H42N2O6. The Hall–Kier alpha value is -3.52. The number of methoxy groups -OCH3 is 1. The second kappa shape index (κ2) is 14.6. The number of hydrogen-bond acceptors (Lipinski definition) is 7. The lowest BCUT2D eigenvalue weighted by Crippen LogP contribution is -2.38. The number of aliphatic hydroxyl groups excluding tert-OH is 1. The van der Waals surface area contributed by atoms with Crippen molar-refractivity contribution in [3.05, 3.63) is 59.2 Å². The van der Waals surface area contributed by atoms with Crippen LogP contribution in [0.5, 0.6) is 17.2 Å². The highest BCUT2D eigenvalue weighted by Crippen LogP contribution is 2.42. The number of rotatable bonds is 15. The van der Waals surface area contributed by atoms with Gasteiger partial charge in [0.25, 0.3) is 11.7 Å². The zero-order chi connectivity index (χ0) is 28.4. The summed E-state index contributed by atoms with van der Waals surface area (Å²) in [6.45, 7) is 11.8. The van der Waals surface area contributed by atoms with Gasteiger partial charge in [0.2, 0.25) is 0 Å². The van der Waals surface area contributed by atoms with E-state index in [0.29, 0.717) is 54.7 Å². The summed E-state index contributed by atoms with van der Waals surface area (Å²) in [6.07, 6.45) is 3.11. The Labute approximate surface area is 232 Å². The van der Waals surface area contributed by atoms with Gasteiger partial charge in [-0.1, -0.05) is 51.8 Å². The van der Waals surface area contributed by atoms with Crippen molar-refractivity contribution in [3.63, 3.8) is 0 Å². The molecule has 8 heteroatoms. The van der Waals surface area contributed by atoms with Gasteiger partial charge in [0.15, 0.2) is 11.5 Å². The SMILES string of the molecule is CCCCCOc1ccc(C2C(=C(O)c3cccc(OCC)c3)C(=O)C(=O)N2CCN(CC)CC)cc1OC. The lowest BCUT2D eigenvalue weighted by molar-refractivity contribution is -0.140. The summed E-state index contributed by atoms with van der Waals surface area (Å²) in [5, 5.41) is 11.4. The molecule has 0 saturated carbocycles. The van der Waals surface area contributed by atoms with E-state index in [4.69, 9.17) is 14.2 Å². The van der Waals surface area contributed by atoms with Gasteiger partial charge in [-0.05, 0) is 56.3 Å². The van der Waals surface area contributed by atoms with Gasteiger partial charge in [-0.25, -0.2) is 0 Å². The van der Waals surface area contributed by atoms with E-state index in [-0.39, 0.29) is 11.3 Å². The van der Waals surface area contributed by atoms with Gasteiger partial charge in [-0.2, -0.15) is 0 Å². The van der Waals surface area contributed by atoms with Crippen molar-refractivity contribution in [2.24, 2.45) is 0 Å². The first kappa shape index (κ1) is 30.0. The quantitative estimate of drug-likeness (QED) is 0.140. The molecule has 39 heavy (non-hydrogen) atoms. The van der Waals surface area contributed by atoms with E-state index in [9.17, 15) is 14.7 Å². The maximum Gasteiger partial charge on any atom is 0.295 e. The summed E-state index contributed by atoms with van der Waals surface area (Å²) in [5.41, 5.74) is 1.12. The minimum Gasteiger partial charge on any atom is -0.507 e. The van der Waals surface area contributed by atoms with Crippen molar-refractivity contribution in [1.29, 1.82) is 0 Å². The highest BCUT2D eigenvalue weighted by Gasteiger charge is 2.46. The Morgan fingerprint density at radius 3 is 2.41 bits per heavy atom. The maximum atomic E-state index is 13.4. The number of likely N-dealkylation sites (N-methyl/N-ethyl adjacent to an activating group) is 1. The van der Waals surface area contributed by atoms with Crippen LogP contribution in [0.15, 0.2) is 48.0 Å². The molecule has 3 rings (SSSR count). The second-order valence-electron chi connectivity index (χ2n) is 9.45. The van der Waals surface area contributed by atoms with Gasteiger partial charge in [0.1, 0.15) is 11.5 Å². The Bertz CT molecular complexity index is 1160. The normalized spacial score (nSPS) is 16.7. The molecule has 0 spiro atoms. The van der Waals surface area contributed by atoms with Crippen LogP contribution in [-0.4, -0.2) is 73.1 Å². The monoisotopic (exact) mass is 538 g/mol. The van der Waals surface area contributed by atoms with Crippen molar-refractivity contribution < 1.29 is 28.9 Å². The number of amides is 1. The molecule has 1 unspecified atom stereocenters. The molecule has 1 aliphatic heterocycles. The summed E-state index contributed by atoms with van der Waals surface area (Å²) in [4.78, 5) is 30.5. The number of hydrogen-bond donors (Lipinski definition) is 1. The minimum atomic E-state index is -0.778. The number of carbonyl (C=O) groups excluding carboxylic acids is 2. The highest BCUT2D eigenvalue weighted by atomic mass is 16.5. The van der Waals surface area contributed by atoms with E-state index in [1.54, 1.807) is 48.4 Å². The van der Waals surface area contributed by atoms with E-state index in [0.717, 1.165) is 32.4 Å². The fraction of sp³-hybridized carbons (Fsp3) is 0.484. The van der Waals surface area contributed by atoms with Gasteiger partial charge in [-0.15, -0.1) is 0 Å². The first-order valence-electron chi connectivity index (χ1n) is 13.9. The number of unbranched alkanes of at least 4 members (excludes halogenated alkanes) is 2. The van der Waals surface area contributed by atoms with Crippen LogP contribution >= 0.6 is 0 Å². The number of nitrogens with zero attached hydrogens (tertiary/aromatic N) is 2. The lowest BCUT2D eigenvalue weighted by atomic mass is 9.95. The number of benzene rings is 2. The van der Waals surface area contributed by atoms with Gasteiger partial charge in [-0.3, -0.25) is 9.59 Å². The zero-order valence-corrected chi connectivity index (χ0v) is 23.9. The zero-order valence-electron chi connectivity index (χ0n) is 23.9. The summed E-state index contributed by atoms with van der Waals surface area (Å²) in [7, 11) is 1.56. The second-order valence-corrected chi connectivity index (χ2v) is 9.45. The molecule has 1 heterocycles. The molecule has 0 aliphatic carbocycles. The van der Waals surface area contributed by atoms with Crippen molar-refractivity contribution in [1.82, 2.24) is 9.80 Å². The van der Waals surface area contributed by atoms with Crippen LogP contribution in [0.4, 0.5) is 0 Å². The average molecular weight is 539 g/mol. The number of ether oxygens (including phenoxy) is 3. The van der Waals surface area contributed by atoms with Gasteiger partial charge in [0.05, 0.1) is 31.9 Å². The molecule has 0 radical (unpaired) electrons. The average Bonchev–Trinajstić information content (AvgIpc) is 3.21. The summed E-state index contributed by atoms with van der Waals surface area (Å²) in [5.74, 6) is 0.106. The molecule has 1 atom stereocenters. The third-order valence-corrected chi connectivity index (χ3v) is 7.02. The standard InChI is InChI=1S/C31H42N2O6/c1-6-10-11-19-39-25-16-15-22(21-26(25)37-5)28-27(29(34)23-13-12-14-24(20-23)38-9-4)30(35)31(36)33(28)18-17-32(7-2)8-3/h12-16,20-21,28,34H,6-11,17-19H2,1-5H3. The van der Waals surface area contributed by atoms with E-state index in [1.165, 1.54) is 0 Å². The molecule has 1 saturated heterocycles. The molecule has 0 bridgehead atoms. The topological polar surface area (TPSA) is 88.5 Å². The van der Waals surface area contributed by atoms with Crippen molar-refractivity contribution >= 4 is 17.4 Å². The van der Waals surface area contributed by atoms with Gasteiger partial charge < -0.3 is 29.1 Å². The summed E-state index contributed by atoms with van der Waals surface area (Å²) < 4.78 is 17.2. The molecule has 1 fully saturated rings. The van der Waals surface area contributed by atoms with Crippen LogP contribution < -0.4 is 14.2 Å². The Balaban J connectivity index is 2.08. The van der Waals surface area contributed by atoms with Crippen molar-refractivity contribution in [2.45, 2.75) is 53.0 Å². The molecule has 1 N–H and O–H groups in total. The first-order chi connectivity index (χ1) is 18.9. The van der Waals surface area contributed by atoms with Crippen LogP contribution in [0.1, 0.15) is 64.1 Å². The number of Topliss-reactive ketones (excluding diaryl/α,β-unsaturated/α-hetero) is 1. The summed E-state index contributed by atoms with van der Waals surface area (Å²) in [6, 6.07) is 11.6. The molecule has 212 valence electrons. The first-order valence-corrected chi connectivity index (χ1v) is 13.9. The van der Waals surface area contributed by atoms with Crippen LogP contribution in [0.2, 0.25) is 0 Å². The fourth-order valence-corrected chi connectivity index (χ4v) is 4.81. The van der Waals surface area contributed by atoms with Crippen LogP contribution in [0, 0.1) is 0 Å². The number of carbonyl (C=O) groups is 2. The van der Waals surface area contributed by atoms with Crippen molar-refractivity contribution in [2.75, 3.05) is 46.5 Å². The summed E-state index contributed by atoms with van der Waals surface area (Å²) >= 11 is 0. The lowest BCUT2D eigenvalue weighted by Gasteiger charge is -2.28. The van der Waals surface area contributed by atoms with E-state index >= 15 is 0 Å². The van der Waals surface area contributed by atoms with E-state index in [2.05, 4.69) is 25.7 Å². The predicted molar refractivity (Wildman–Crippen MR) is 152 cm³/mol. The van der Waals surface area contributed by atoms with Crippen LogP contribution in [0.3, 0.4) is 0 Å². The van der Waals surface area contributed by atoms with E-state index in [1.807, 2.05) is 13.0 Å². The van der Waals surface area contributed by atoms with Gasteiger partial charge in [0, 0.05) is 18.7 Å². The predicted octanol–water partition coefficient (Wildman–Crippen LogP) is 5.43. The smallest absolute Gasteiger partial charge is 0.295 e. The number of likely N-dealkylation sites (tertiary alicyclic amines) is 1. The van der Waals surface area contributed by atoms with E-state index < -0.39 is 17.7 Å². The molecule has 0 aromatic heterocycles. The maximum absolute atomic E-state index is 13.4. The molecule has 2 aromatic rings. The minimum absolute atomic E-state index is 0.0480. The molecule has 1 aliphatic rings. The molecule has 1 amide bonds. The molecule has 8 nitrogen and oxygen atoms in total. The fourth-order valence-electron chi connectivity index (χ4n) is 4.81.